The molecule has 3 heterocycles. The van der Waals surface area contributed by atoms with Crippen molar-refractivity contribution >= 4 is 29.9 Å². The van der Waals surface area contributed by atoms with Gasteiger partial charge < -0.3 is 10.2 Å². The van der Waals surface area contributed by atoms with E-state index in [1.807, 2.05) is 7.05 Å². The quantitative estimate of drug-likeness (QED) is 0.276. The number of hydrogen-bond donors (Lipinski definition) is 1. The lowest BCUT2D eigenvalue weighted by Crippen LogP contribution is -2.42. The molecule has 0 amide bonds. The molecule has 6 heteroatoms. The summed E-state index contributed by atoms with van der Waals surface area (Å²) in [5.41, 5.74) is 2.86. The average Bonchev–Trinajstić information content (AvgIpc) is 3.38. The van der Waals surface area contributed by atoms with Crippen molar-refractivity contribution in [2.75, 3.05) is 46.3 Å². The molecule has 1 unspecified atom stereocenters. The highest BCUT2D eigenvalue weighted by molar-refractivity contribution is 14.0. The summed E-state index contributed by atoms with van der Waals surface area (Å²) in [6.07, 6.45) is 11.3. The summed E-state index contributed by atoms with van der Waals surface area (Å²) in [7, 11) is 1.91. The van der Waals surface area contributed by atoms with Crippen molar-refractivity contribution in [2.45, 2.75) is 51.2 Å². The smallest absolute Gasteiger partial charge is 0.193 e. The van der Waals surface area contributed by atoms with E-state index in [1.165, 1.54) is 56.3 Å². The molecule has 0 saturated carbocycles. The van der Waals surface area contributed by atoms with E-state index >= 15 is 0 Å². The lowest BCUT2D eigenvalue weighted by atomic mass is 10.1. The number of halogens is 1. The number of rotatable bonds is 5. The molecule has 0 radical (unpaired) electrons. The molecule has 1 atom stereocenters. The van der Waals surface area contributed by atoms with E-state index in [4.69, 9.17) is 0 Å². The number of hydrogen-bond acceptors (Lipinski definition) is 3. The van der Waals surface area contributed by atoms with Crippen LogP contribution in [0.2, 0.25) is 0 Å². The summed E-state index contributed by atoms with van der Waals surface area (Å²) in [4.78, 5) is 12.2. The highest BCUT2D eigenvalue weighted by Gasteiger charge is 2.29. The van der Waals surface area contributed by atoms with Crippen molar-refractivity contribution in [1.82, 2.24) is 20.0 Å². The Morgan fingerprint density at radius 2 is 1.70 bits per heavy atom. The molecule has 2 fully saturated rings. The fraction of sp³-hybridized carbons (Fsp3) is 0.625. The average molecular weight is 524 g/mol. The lowest BCUT2D eigenvalue weighted by molar-refractivity contribution is 0.259. The fourth-order valence-corrected chi connectivity index (χ4v) is 4.95. The first kappa shape index (κ1) is 23.5. The third kappa shape index (κ3) is 6.20. The molecule has 3 aliphatic heterocycles. The third-order valence-corrected chi connectivity index (χ3v) is 6.69. The van der Waals surface area contributed by atoms with E-state index in [1.54, 1.807) is 0 Å². The first-order valence-electron chi connectivity index (χ1n) is 11.5. The van der Waals surface area contributed by atoms with E-state index in [2.05, 4.69) is 61.4 Å². The predicted octanol–water partition coefficient (Wildman–Crippen LogP) is 3.70. The SMILES string of the molecule is CN=C(NCc1ccccc1CN1CCCCCC1)N1CCC(N2CC=CC2)C1.I. The molecule has 5 nitrogen and oxygen atoms in total. The highest BCUT2D eigenvalue weighted by atomic mass is 127. The Bertz CT molecular complexity index is 703. The number of guanidine groups is 1. The minimum absolute atomic E-state index is 0. The van der Waals surface area contributed by atoms with Gasteiger partial charge in [0.2, 0.25) is 0 Å². The maximum atomic E-state index is 4.59. The maximum Gasteiger partial charge on any atom is 0.193 e. The summed E-state index contributed by atoms with van der Waals surface area (Å²) in [5, 5.41) is 3.65. The van der Waals surface area contributed by atoms with Gasteiger partial charge in [0, 0.05) is 52.4 Å². The molecule has 30 heavy (non-hydrogen) atoms. The monoisotopic (exact) mass is 523 g/mol. The van der Waals surface area contributed by atoms with Gasteiger partial charge in [0.25, 0.3) is 0 Å². The summed E-state index contributed by atoms with van der Waals surface area (Å²) < 4.78 is 0. The van der Waals surface area contributed by atoms with Crippen LogP contribution in [0.1, 0.15) is 43.2 Å². The summed E-state index contributed by atoms with van der Waals surface area (Å²) >= 11 is 0. The fourth-order valence-electron chi connectivity index (χ4n) is 4.95. The van der Waals surface area contributed by atoms with Crippen LogP contribution in [0.5, 0.6) is 0 Å². The van der Waals surface area contributed by atoms with E-state index in [0.29, 0.717) is 6.04 Å². The van der Waals surface area contributed by atoms with Gasteiger partial charge in [-0.25, -0.2) is 0 Å². The van der Waals surface area contributed by atoms with Gasteiger partial charge >= 0.3 is 0 Å². The molecule has 3 aliphatic rings. The number of benzene rings is 1. The molecular weight excluding hydrogens is 485 g/mol. The molecule has 2 saturated heterocycles. The number of nitrogens with zero attached hydrogens (tertiary/aromatic N) is 4. The van der Waals surface area contributed by atoms with Gasteiger partial charge in [0.05, 0.1) is 0 Å². The van der Waals surface area contributed by atoms with E-state index in [0.717, 1.165) is 45.2 Å². The van der Waals surface area contributed by atoms with Gasteiger partial charge in [-0.05, 0) is 43.5 Å². The van der Waals surface area contributed by atoms with Crippen LogP contribution in [0, 0.1) is 0 Å². The second-order valence-electron chi connectivity index (χ2n) is 8.67. The molecule has 1 N–H and O–H groups in total. The summed E-state index contributed by atoms with van der Waals surface area (Å²) in [6, 6.07) is 9.57. The van der Waals surface area contributed by atoms with Gasteiger partial charge in [-0.3, -0.25) is 14.8 Å². The molecular formula is C24H38IN5. The molecule has 0 aromatic heterocycles. The zero-order chi connectivity index (χ0) is 19.9. The van der Waals surface area contributed by atoms with Gasteiger partial charge in [-0.2, -0.15) is 0 Å². The van der Waals surface area contributed by atoms with Gasteiger partial charge in [0.1, 0.15) is 0 Å². The molecule has 4 rings (SSSR count). The molecule has 0 aliphatic carbocycles. The van der Waals surface area contributed by atoms with Crippen LogP contribution in [-0.4, -0.2) is 73.0 Å². The Hall–Kier alpha value is -1.12. The Labute approximate surface area is 199 Å². The number of nitrogens with one attached hydrogen (secondary N) is 1. The normalized spacial score (nSPS) is 23.4. The van der Waals surface area contributed by atoms with Crippen LogP contribution < -0.4 is 5.32 Å². The van der Waals surface area contributed by atoms with Gasteiger partial charge in [-0.15, -0.1) is 24.0 Å². The highest BCUT2D eigenvalue weighted by Crippen LogP contribution is 2.19. The molecule has 0 bridgehead atoms. The van der Waals surface area contributed by atoms with Crippen LogP contribution in [0.4, 0.5) is 0 Å². The van der Waals surface area contributed by atoms with Crippen LogP contribution in [0.15, 0.2) is 41.4 Å². The van der Waals surface area contributed by atoms with Gasteiger partial charge in [0.15, 0.2) is 5.96 Å². The Balaban J connectivity index is 0.00000256. The minimum Gasteiger partial charge on any atom is -0.352 e. The minimum atomic E-state index is 0. The van der Waals surface area contributed by atoms with Crippen molar-refractivity contribution in [1.29, 1.82) is 0 Å². The molecule has 1 aromatic carbocycles. The first-order chi connectivity index (χ1) is 14.3. The Kier molecular flexibility index (Phi) is 9.46. The van der Waals surface area contributed by atoms with E-state index in [-0.39, 0.29) is 24.0 Å². The standard InChI is InChI=1S/C24H37N5.HI/c1-25-24(29-17-12-23(20-29)28-15-8-9-16-28)26-18-21-10-4-5-11-22(21)19-27-13-6-2-3-7-14-27;/h4-5,8-11,23H,2-3,6-7,12-20H2,1H3,(H,25,26);1H. The topological polar surface area (TPSA) is 34.1 Å². The van der Waals surface area contributed by atoms with Crippen molar-refractivity contribution < 1.29 is 0 Å². The van der Waals surface area contributed by atoms with Crippen molar-refractivity contribution in [3.8, 4) is 0 Å². The zero-order valence-corrected chi connectivity index (χ0v) is 20.8. The van der Waals surface area contributed by atoms with Crippen LogP contribution in [0.25, 0.3) is 0 Å². The largest absolute Gasteiger partial charge is 0.352 e. The van der Waals surface area contributed by atoms with E-state index in [9.17, 15) is 0 Å². The van der Waals surface area contributed by atoms with Crippen LogP contribution >= 0.6 is 24.0 Å². The Morgan fingerprint density at radius 1 is 1.00 bits per heavy atom. The van der Waals surface area contributed by atoms with Crippen molar-refractivity contribution in [3.63, 3.8) is 0 Å². The number of aliphatic imine (C=N–C) groups is 1. The van der Waals surface area contributed by atoms with E-state index < -0.39 is 0 Å². The number of likely N-dealkylation sites (tertiary alicyclic amines) is 2. The lowest BCUT2D eigenvalue weighted by Gasteiger charge is -2.26. The molecule has 0 spiro atoms. The third-order valence-electron chi connectivity index (χ3n) is 6.69. The molecule has 1 aromatic rings. The zero-order valence-electron chi connectivity index (χ0n) is 18.4. The summed E-state index contributed by atoms with van der Waals surface area (Å²) in [5.74, 6) is 1.05. The van der Waals surface area contributed by atoms with Crippen molar-refractivity contribution in [2.24, 2.45) is 4.99 Å². The van der Waals surface area contributed by atoms with Crippen LogP contribution in [-0.2, 0) is 13.1 Å². The van der Waals surface area contributed by atoms with Gasteiger partial charge in [-0.1, -0.05) is 49.3 Å². The predicted molar refractivity (Wildman–Crippen MR) is 136 cm³/mol. The van der Waals surface area contributed by atoms with Crippen LogP contribution in [0.3, 0.4) is 0 Å². The second-order valence-corrected chi connectivity index (χ2v) is 8.67. The Morgan fingerprint density at radius 3 is 2.40 bits per heavy atom. The summed E-state index contributed by atoms with van der Waals surface area (Å²) in [6.45, 7) is 8.79. The second kappa shape index (κ2) is 12.1. The molecule has 166 valence electrons. The van der Waals surface area contributed by atoms with Crippen molar-refractivity contribution in [3.05, 3.63) is 47.5 Å². The first-order valence-corrected chi connectivity index (χ1v) is 11.5. The maximum absolute atomic E-state index is 4.59.